The fourth-order valence-electron chi connectivity index (χ4n) is 3.92. The lowest BCUT2D eigenvalue weighted by Crippen LogP contribution is -2.34. The lowest BCUT2D eigenvalue weighted by atomic mass is 10.1. The summed E-state index contributed by atoms with van der Waals surface area (Å²) in [5.74, 6) is -0.319. The standard InChI is InChI=1S/C24H22Cl2N4O3.2HNO3/c1-29-15-28-11-23(29)17-2-5-19(6-3-17)31-12-20-13-32-24(33-20,14-30-9-8-27-16-30)21-7-4-18(25)10-22(21)26;2*2-1(3)4/h2-11,15-16,20H,12-14H2,1H3;2*(H,2,3,4)/t20-,24-;;/m1../s1. The van der Waals surface area contributed by atoms with Crippen molar-refractivity contribution in [2.24, 2.45) is 7.05 Å². The van der Waals surface area contributed by atoms with Crippen LogP contribution in [0.2, 0.25) is 10.0 Å². The Kier molecular flexibility index (Phi) is 10.8. The van der Waals surface area contributed by atoms with E-state index >= 15 is 0 Å². The van der Waals surface area contributed by atoms with Gasteiger partial charge in [-0.1, -0.05) is 29.3 Å². The third-order valence-corrected chi connectivity index (χ3v) is 6.10. The van der Waals surface area contributed by atoms with Crippen molar-refractivity contribution in [1.82, 2.24) is 19.1 Å². The first kappa shape index (κ1) is 31.1. The zero-order chi connectivity index (χ0) is 30.0. The molecule has 17 heteroatoms. The molecule has 1 fully saturated rings. The van der Waals surface area contributed by atoms with Crippen LogP contribution >= 0.6 is 23.2 Å². The van der Waals surface area contributed by atoms with Gasteiger partial charge in [0.2, 0.25) is 5.79 Å². The molecule has 0 radical (unpaired) electrons. The molecule has 0 spiro atoms. The van der Waals surface area contributed by atoms with Crippen molar-refractivity contribution in [3.8, 4) is 17.0 Å². The van der Waals surface area contributed by atoms with E-state index in [1.165, 1.54) is 0 Å². The molecule has 2 aromatic carbocycles. The van der Waals surface area contributed by atoms with Crippen LogP contribution in [-0.4, -0.2) is 59.0 Å². The average Bonchev–Trinajstić information content (AvgIpc) is 3.65. The molecule has 2 N–H and O–H groups in total. The smallest absolute Gasteiger partial charge is 0.291 e. The maximum atomic E-state index is 8.36. The lowest BCUT2D eigenvalue weighted by molar-refractivity contribution is -0.742. The summed E-state index contributed by atoms with van der Waals surface area (Å²) in [6.45, 7) is 1.09. The number of halogens is 2. The molecular formula is C24H24Cl2N6O9. The number of aromatic nitrogens is 4. The number of ether oxygens (including phenoxy) is 3. The van der Waals surface area contributed by atoms with Crippen LogP contribution in [0.25, 0.3) is 11.3 Å². The van der Waals surface area contributed by atoms with E-state index in [1.807, 2.05) is 58.9 Å². The highest BCUT2D eigenvalue weighted by Gasteiger charge is 2.45. The van der Waals surface area contributed by atoms with Crippen LogP contribution in [-0.2, 0) is 28.9 Å². The fraction of sp³-hybridized carbons (Fsp3) is 0.250. The second kappa shape index (κ2) is 14.3. The van der Waals surface area contributed by atoms with Gasteiger partial charge in [-0.05, 0) is 36.4 Å². The number of aryl methyl sites for hydroxylation is 1. The molecule has 41 heavy (non-hydrogen) atoms. The molecule has 5 rings (SSSR count). The molecule has 218 valence electrons. The zero-order valence-electron chi connectivity index (χ0n) is 21.3. The molecule has 2 aromatic heterocycles. The number of imidazole rings is 2. The van der Waals surface area contributed by atoms with Gasteiger partial charge < -0.3 is 33.8 Å². The van der Waals surface area contributed by atoms with Gasteiger partial charge in [-0.3, -0.25) is 0 Å². The van der Waals surface area contributed by atoms with E-state index in [-0.39, 0.29) is 6.10 Å². The molecule has 15 nitrogen and oxygen atoms in total. The van der Waals surface area contributed by atoms with E-state index in [4.69, 9.17) is 68.1 Å². The third-order valence-electron chi connectivity index (χ3n) is 5.55. The number of hydrogen-bond acceptors (Lipinski definition) is 9. The molecule has 3 heterocycles. The van der Waals surface area contributed by atoms with Gasteiger partial charge in [0.1, 0.15) is 18.5 Å². The van der Waals surface area contributed by atoms with Gasteiger partial charge in [0.15, 0.2) is 0 Å². The van der Waals surface area contributed by atoms with Crippen molar-refractivity contribution in [3.05, 3.63) is 110 Å². The predicted octanol–water partition coefficient (Wildman–Crippen LogP) is 4.24. The molecule has 0 unspecified atom stereocenters. The van der Waals surface area contributed by atoms with Crippen LogP contribution in [0.5, 0.6) is 5.75 Å². The molecule has 0 aliphatic carbocycles. The van der Waals surface area contributed by atoms with Crippen LogP contribution in [0.4, 0.5) is 0 Å². The van der Waals surface area contributed by atoms with Gasteiger partial charge in [0.05, 0.1) is 42.7 Å². The fourth-order valence-corrected chi connectivity index (χ4v) is 4.47. The highest BCUT2D eigenvalue weighted by molar-refractivity contribution is 6.35. The van der Waals surface area contributed by atoms with E-state index in [0.29, 0.717) is 35.4 Å². The molecule has 4 aromatic rings. The van der Waals surface area contributed by atoms with Crippen molar-refractivity contribution in [3.63, 3.8) is 0 Å². The van der Waals surface area contributed by atoms with Crippen LogP contribution in [0.15, 0.2) is 73.7 Å². The first-order chi connectivity index (χ1) is 19.5. The summed E-state index contributed by atoms with van der Waals surface area (Å²) in [6, 6.07) is 13.2. The monoisotopic (exact) mass is 610 g/mol. The Morgan fingerprint density at radius 3 is 2.34 bits per heavy atom. The molecule has 0 bridgehead atoms. The Balaban J connectivity index is 0.000000515. The largest absolute Gasteiger partial charge is 0.491 e. The van der Waals surface area contributed by atoms with Gasteiger partial charge in [0.25, 0.3) is 10.2 Å². The van der Waals surface area contributed by atoms with E-state index in [0.717, 1.165) is 17.0 Å². The molecule has 2 atom stereocenters. The Morgan fingerprint density at radius 2 is 1.78 bits per heavy atom. The second-order valence-corrected chi connectivity index (χ2v) is 9.21. The van der Waals surface area contributed by atoms with Crippen LogP contribution < -0.4 is 4.74 Å². The summed E-state index contributed by atoms with van der Waals surface area (Å²) >= 11 is 12.6. The Bertz CT molecular complexity index is 1420. The van der Waals surface area contributed by atoms with Crippen molar-refractivity contribution in [2.75, 3.05) is 13.2 Å². The van der Waals surface area contributed by atoms with Crippen LogP contribution in [0, 0.1) is 20.2 Å². The maximum Gasteiger partial charge on any atom is 0.291 e. The first-order valence-electron chi connectivity index (χ1n) is 11.6. The topological polar surface area (TPSA) is 190 Å². The van der Waals surface area contributed by atoms with E-state index in [2.05, 4.69) is 9.97 Å². The van der Waals surface area contributed by atoms with Crippen molar-refractivity contribution < 1.29 is 34.8 Å². The minimum absolute atomic E-state index is 0.281. The minimum Gasteiger partial charge on any atom is -0.491 e. The van der Waals surface area contributed by atoms with Crippen LogP contribution in [0.1, 0.15) is 5.56 Å². The zero-order valence-corrected chi connectivity index (χ0v) is 22.8. The normalized spacial score (nSPS) is 17.5. The summed E-state index contributed by atoms with van der Waals surface area (Å²) in [4.78, 5) is 25.0. The highest BCUT2D eigenvalue weighted by Crippen LogP contribution is 2.40. The number of nitrogens with zero attached hydrogens (tertiary/aromatic N) is 6. The van der Waals surface area contributed by atoms with Gasteiger partial charge in [-0.25, -0.2) is 9.97 Å². The maximum absolute atomic E-state index is 8.36. The molecule has 1 aliphatic rings. The van der Waals surface area contributed by atoms with Crippen molar-refractivity contribution in [2.45, 2.75) is 18.4 Å². The van der Waals surface area contributed by atoms with Gasteiger partial charge in [0, 0.05) is 35.6 Å². The van der Waals surface area contributed by atoms with E-state index in [9.17, 15) is 0 Å². The first-order valence-corrected chi connectivity index (χ1v) is 12.3. The SMILES string of the molecule is Cn1cncc1-c1ccc(OC[C@@H]2CO[C@@](Cn3ccnc3)(c3ccc(Cl)cc3Cl)O2)cc1.O=[N+]([O-])O.O=[N+]([O-])O. The second-order valence-electron chi connectivity index (χ2n) is 8.36. The molecule has 1 aliphatic heterocycles. The van der Waals surface area contributed by atoms with Crippen molar-refractivity contribution >= 4 is 23.2 Å². The molecule has 0 amide bonds. The Hall–Kier alpha value is -4.44. The van der Waals surface area contributed by atoms with E-state index in [1.54, 1.807) is 31.0 Å². The summed E-state index contributed by atoms with van der Waals surface area (Å²) in [6.07, 6.45) is 8.61. The Labute approximate surface area is 242 Å². The number of benzene rings is 2. The highest BCUT2D eigenvalue weighted by atomic mass is 35.5. The van der Waals surface area contributed by atoms with E-state index < -0.39 is 16.0 Å². The summed E-state index contributed by atoms with van der Waals surface area (Å²) in [5, 5.41) is 28.3. The third kappa shape index (κ3) is 9.04. The summed E-state index contributed by atoms with van der Waals surface area (Å²) < 4.78 is 22.5. The van der Waals surface area contributed by atoms with Crippen LogP contribution in [0.3, 0.4) is 0 Å². The van der Waals surface area contributed by atoms with Gasteiger partial charge in [-0.2, -0.15) is 0 Å². The summed E-state index contributed by atoms with van der Waals surface area (Å²) in [7, 11) is 1.97. The molecule has 1 saturated heterocycles. The van der Waals surface area contributed by atoms with Gasteiger partial charge >= 0.3 is 0 Å². The minimum atomic E-state index is -1.50. The molecular weight excluding hydrogens is 587 g/mol. The van der Waals surface area contributed by atoms with Crippen molar-refractivity contribution in [1.29, 1.82) is 0 Å². The quantitative estimate of drug-likeness (QED) is 0.224. The lowest BCUT2D eigenvalue weighted by Gasteiger charge is -2.30. The Morgan fingerprint density at radius 1 is 1.10 bits per heavy atom. The average molecular weight is 611 g/mol. The summed E-state index contributed by atoms with van der Waals surface area (Å²) in [5.41, 5.74) is 2.82. The predicted molar refractivity (Wildman–Crippen MR) is 143 cm³/mol. The number of hydrogen-bond donors (Lipinski definition) is 2. The number of rotatable bonds is 7. The molecule has 0 saturated carbocycles. The van der Waals surface area contributed by atoms with Gasteiger partial charge in [-0.15, -0.1) is 20.2 Å².